The Balaban J connectivity index is 2.51. The van der Waals surface area contributed by atoms with Crippen molar-refractivity contribution in [1.82, 2.24) is 5.32 Å². The summed E-state index contributed by atoms with van der Waals surface area (Å²) < 4.78 is 13.3. The number of carbonyl (C=O) groups is 3. The molecule has 1 rings (SSSR count). The van der Waals surface area contributed by atoms with Gasteiger partial charge in [0.1, 0.15) is 5.82 Å². The van der Waals surface area contributed by atoms with Crippen LogP contribution in [0.5, 0.6) is 0 Å². The SMILES string of the molecule is O=C(O)CCC(=O)NC(=O)Nc1ccc(F)cc1I. The number of carboxylic acids is 1. The Hall–Kier alpha value is -1.71. The van der Waals surface area contributed by atoms with Crippen molar-refractivity contribution >= 4 is 46.2 Å². The summed E-state index contributed by atoms with van der Waals surface area (Å²) >= 11 is 1.83. The maximum absolute atomic E-state index is 12.8. The molecular weight excluding hydrogens is 370 g/mol. The highest BCUT2D eigenvalue weighted by Crippen LogP contribution is 2.18. The average Bonchev–Trinajstić information content (AvgIpc) is 2.30. The molecule has 0 aliphatic rings. The summed E-state index contributed by atoms with van der Waals surface area (Å²) in [7, 11) is 0. The predicted molar refractivity (Wildman–Crippen MR) is 73.1 cm³/mol. The van der Waals surface area contributed by atoms with Gasteiger partial charge in [0.25, 0.3) is 0 Å². The van der Waals surface area contributed by atoms with Crippen LogP contribution in [-0.2, 0) is 9.59 Å². The van der Waals surface area contributed by atoms with Gasteiger partial charge in [-0.05, 0) is 40.8 Å². The second kappa shape index (κ2) is 7.02. The van der Waals surface area contributed by atoms with Gasteiger partial charge in [0.2, 0.25) is 5.91 Å². The molecule has 1 aromatic rings. The van der Waals surface area contributed by atoms with Crippen molar-refractivity contribution in [2.75, 3.05) is 5.32 Å². The second-order valence-corrected chi connectivity index (χ2v) is 4.68. The van der Waals surface area contributed by atoms with E-state index in [1.807, 2.05) is 27.9 Å². The van der Waals surface area contributed by atoms with E-state index >= 15 is 0 Å². The summed E-state index contributed by atoms with van der Waals surface area (Å²) in [4.78, 5) is 32.8. The third-order valence-corrected chi connectivity index (χ3v) is 2.89. The van der Waals surface area contributed by atoms with E-state index in [1.54, 1.807) is 0 Å². The molecule has 0 aliphatic carbocycles. The molecule has 3 N–H and O–H groups in total. The average molecular weight is 380 g/mol. The zero-order valence-electron chi connectivity index (χ0n) is 9.57. The monoisotopic (exact) mass is 380 g/mol. The van der Waals surface area contributed by atoms with Crippen molar-refractivity contribution in [3.05, 3.63) is 27.6 Å². The molecule has 0 radical (unpaired) electrons. The van der Waals surface area contributed by atoms with Gasteiger partial charge in [0, 0.05) is 9.99 Å². The summed E-state index contributed by atoms with van der Waals surface area (Å²) in [6.45, 7) is 0. The summed E-state index contributed by atoms with van der Waals surface area (Å²) in [5.41, 5.74) is 0.352. The zero-order chi connectivity index (χ0) is 14.4. The first-order valence-electron chi connectivity index (χ1n) is 5.16. The van der Waals surface area contributed by atoms with Gasteiger partial charge >= 0.3 is 12.0 Å². The van der Waals surface area contributed by atoms with E-state index in [9.17, 15) is 18.8 Å². The van der Waals surface area contributed by atoms with E-state index < -0.39 is 23.7 Å². The van der Waals surface area contributed by atoms with Gasteiger partial charge in [-0.25, -0.2) is 9.18 Å². The van der Waals surface area contributed by atoms with Gasteiger partial charge in [-0.1, -0.05) is 0 Å². The van der Waals surface area contributed by atoms with Gasteiger partial charge in [-0.2, -0.15) is 0 Å². The number of halogens is 2. The number of rotatable bonds is 4. The van der Waals surface area contributed by atoms with Crippen LogP contribution in [0.1, 0.15) is 12.8 Å². The fourth-order valence-corrected chi connectivity index (χ4v) is 1.77. The molecule has 8 heteroatoms. The lowest BCUT2D eigenvalue weighted by Crippen LogP contribution is -2.34. The molecule has 102 valence electrons. The van der Waals surface area contributed by atoms with E-state index in [0.717, 1.165) is 0 Å². The Morgan fingerprint density at radius 2 is 1.95 bits per heavy atom. The number of hydrogen-bond acceptors (Lipinski definition) is 3. The number of carboxylic acid groups (broad SMARTS) is 1. The molecule has 1 aromatic carbocycles. The number of hydrogen-bond donors (Lipinski definition) is 3. The molecule has 0 fully saturated rings. The minimum atomic E-state index is -1.12. The molecule has 0 heterocycles. The highest BCUT2D eigenvalue weighted by atomic mass is 127. The predicted octanol–water partition coefficient (Wildman–Crippen LogP) is 1.94. The summed E-state index contributed by atoms with van der Waals surface area (Å²) in [5, 5.41) is 12.7. The van der Waals surface area contributed by atoms with Crippen molar-refractivity contribution in [2.24, 2.45) is 0 Å². The lowest BCUT2D eigenvalue weighted by Gasteiger charge is -2.08. The number of urea groups is 1. The molecule has 3 amide bonds. The summed E-state index contributed by atoms with van der Waals surface area (Å²) in [5.74, 6) is -2.26. The minimum absolute atomic E-state index is 0.288. The lowest BCUT2D eigenvalue weighted by atomic mass is 10.3. The number of nitrogens with one attached hydrogen (secondary N) is 2. The maximum atomic E-state index is 12.8. The first kappa shape index (κ1) is 15.3. The first-order valence-corrected chi connectivity index (χ1v) is 6.24. The van der Waals surface area contributed by atoms with E-state index in [4.69, 9.17) is 5.11 Å². The molecule has 0 atom stereocenters. The highest BCUT2D eigenvalue weighted by molar-refractivity contribution is 14.1. The van der Waals surface area contributed by atoms with Crippen molar-refractivity contribution in [1.29, 1.82) is 0 Å². The third-order valence-electron chi connectivity index (χ3n) is 2.00. The number of benzene rings is 1. The van der Waals surface area contributed by atoms with Gasteiger partial charge in [0.15, 0.2) is 0 Å². The van der Waals surface area contributed by atoms with Crippen LogP contribution < -0.4 is 10.6 Å². The van der Waals surface area contributed by atoms with E-state index in [0.29, 0.717) is 9.26 Å². The van der Waals surface area contributed by atoms with Crippen LogP contribution in [0.25, 0.3) is 0 Å². The Kier molecular flexibility index (Phi) is 5.67. The zero-order valence-corrected chi connectivity index (χ0v) is 11.7. The molecule has 0 bridgehead atoms. The smallest absolute Gasteiger partial charge is 0.325 e. The van der Waals surface area contributed by atoms with Gasteiger partial charge < -0.3 is 10.4 Å². The molecule has 0 spiro atoms. The minimum Gasteiger partial charge on any atom is -0.481 e. The van der Waals surface area contributed by atoms with Crippen molar-refractivity contribution in [3.8, 4) is 0 Å². The van der Waals surface area contributed by atoms with Crippen LogP contribution in [0.4, 0.5) is 14.9 Å². The third kappa shape index (κ3) is 5.64. The second-order valence-electron chi connectivity index (χ2n) is 3.52. The fraction of sp³-hybridized carbons (Fsp3) is 0.182. The van der Waals surface area contributed by atoms with E-state index in [2.05, 4.69) is 5.32 Å². The first-order chi connectivity index (χ1) is 8.88. The number of amides is 3. The van der Waals surface area contributed by atoms with E-state index in [-0.39, 0.29) is 12.8 Å². The molecule has 0 saturated heterocycles. The molecule has 6 nitrogen and oxygen atoms in total. The number of anilines is 1. The van der Waals surface area contributed by atoms with Crippen molar-refractivity contribution in [3.63, 3.8) is 0 Å². The Morgan fingerprint density at radius 1 is 1.26 bits per heavy atom. The number of aliphatic carboxylic acids is 1. The molecule has 0 aliphatic heterocycles. The van der Waals surface area contributed by atoms with Crippen molar-refractivity contribution < 1.29 is 23.9 Å². The van der Waals surface area contributed by atoms with Gasteiger partial charge in [-0.15, -0.1) is 0 Å². The normalized spacial score (nSPS) is 9.79. The Morgan fingerprint density at radius 3 is 2.53 bits per heavy atom. The summed E-state index contributed by atoms with van der Waals surface area (Å²) in [6.07, 6.45) is -0.642. The molecule has 19 heavy (non-hydrogen) atoms. The van der Waals surface area contributed by atoms with E-state index in [1.165, 1.54) is 18.2 Å². The van der Waals surface area contributed by atoms with Gasteiger partial charge in [-0.3, -0.25) is 14.9 Å². The van der Waals surface area contributed by atoms with Gasteiger partial charge in [0.05, 0.1) is 12.1 Å². The van der Waals surface area contributed by atoms with Crippen LogP contribution in [0.2, 0.25) is 0 Å². The van der Waals surface area contributed by atoms with Crippen LogP contribution in [0, 0.1) is 9.39 Å². The van der Waals surface area contributed by atoms with Crippen LogP contribution in [-0.4, -0.2) is 23.0 Å². The lowest BCUT2D eigenvalue weighted by molar-refractivity contribution is -0.138. The van der Waals surface area contributed by atoms with Crippen molar-refractivity contribution in [2.45, 2.75) is 12.8 Å². The van der Waals surface area contributed by atoms with Crippen LogP contribution in [0.3, 0.4) is 0 Å². The molecule has 0 unspecified atom stereocenters. The highest BCUT2D eigenvalue weighted by Gasteiger charge is 2.11. The summed E-state index contributed by atoms with van der Waals surface area (Å²) in [6, 6.07) is 2.96. The van der Waals surface area contributed by atoms with Crippen LogP contribution in [0.15, 0.2) is 18.2 Å². The number of imide groups is 1. The Bertz CT molecular complexity index is 521. The molecule has 0 saturated carbocycles. The molecular formula is C11H10FIN2O4. The molecule has 0 aromatic heterocycles. The fourth-order valence-electron chi connectivity index (χ4n) is 1.15. The Labute approximate surface area is 121 Å². The standard InChI is InChI=1S/C11H10FIN2O4/c12-6-1-2-8(7(13)5-6)14-11(19)15-9(16)3-4-10(17)18/h1-2,5H,3-4H2,(H,17,18)(H2,14,15,16,19). The quantitative estimate of drug-likeness (QED) is 0.696. The topological polar surface area (TPSA) is 95.5 Å². The van der Waals surface area contributed by atoms with Crippen LogP contribution >= 0.6 is 22.6 Å². The number of carbonyl (C=O) groups excluding carboxylic acids is 2. The largest absolute Gasteiger partial charge is 0.481 e. The maximum Gasteiger partial charge on any atom is 0.325 e.